The van der Waals surface area contributed by atoms with Gasteiger partial charge in [0.25, 0.3) is 5.91 Å². The van der Waals surface area contributed by atoms with E-state index in [9.17, 15) is 9.59 Å². The fraction of sp³-hybridized carbons (Fsp3) is 0.476. The second-order valence-electron chi connectivity index (χ2n) is 7.41. The smallest absolute Gasteiger partial charge is 0.274 e. The Morgan fingerprint density at radius 3 is 2.59 bits per heavy atom. The maximum Gasteiger partial charge on any atom is 0.274 e. The third-order valence-corrected chi connectivity index (χ3v) is 6.49. The van der Waals surface area contributed by atoms with E-state index in [1.54, 1.807) is 34.5 Å². The summed E-state index contributed by atoms with van der Waals surface area (Å²) in [5.41, 5.74) is 0.394. The molecule has 29 heavy (non-hydrogen) atoms. The van der Waals surface area contributed by atoms with Crippen LogP contribution >= 0.6 is 22.9 Å². The molecular weight excluding hydrogens is 410 g/mol. The largest absolute Gasteiger partial charge is 0.486 e. The third-order valence-electron chi connectivity index (χ3n) is 5.41. The minimum atomic E-state index is -0.357. The zero-order valence-corrected chi connectivity index (χ0v) is 17.8. The molecule has 1 unspecified atom stereocenters. The SMILES string of the molecule is O=C(C1CCCCN1C(=O)c1csc(COc2ccc(Cl)cc2)n1)N1CCCC1. The van der Waals surface area contributed by atoms with Crippen molar-refractivity contribution in [2.75, 3.05) is 19.6 Å². The van der Waals surface area contributed by atoms with Gasteiger partial charge in [-0.1, -0.05) is 11.6 Å². The Morgan fingerprint density at radius 1 is 1.10 bits per heavy atom. The first-order chi connectivity index (χ1) is 14.1. The normalized spacial score (nSPS) is 19.4. The van der Waals surface area contributed by atoms with E-state index in [2.05, 4.69) is 4.98 Å². The summed E-state index contributed by atoms with van der Waals surface area (Å²) in [5, 5.41) is 3.14. The van der Waals surface area contributed by atoms with Crippen LogP contribution in [0.3, 0.4) is 0 Å². The second kappa shape index (κ2) is 9.13. The van der Waals surface area contributed by atoms with Crippen LogP contribution in [0.5, 0.6) is 5.75 Å². The predicted octanol–water partition coefficient (Wildman–Crippen LogP) is 3.99. The maximum absolute atomic E-state index is 13.1. The molecule has 0 radical (unpaired) electrons. The van der Waals surface area contributed by atoms with Crippen molar-refractivity contribution < 1.29 is 14.3 Å². The Morgan fingerprint density at radius 2 is 1.83 bits per heavy atom. The zero-order valence-electron chi connectivity index (χ0n) is 16.2. The molecule has 1 atom stereocenters. The van der Waals surface area contributed by atoms with Crippen molar-refractivity contribution in [2.45, 2.75) is 44.8 Å². The van der Waals surface area contributed by atoms with Gasteiger partial charge in [0.05, 0.1) is 0 Å². The van der Waals surface area contributed by atoms with Gasteiger partial charge in [-0.15, -0.1) is 11.3 Å². The van der Waals surface area contributed by atoms with Gasteiger partial charge in [-0.25, -0.2) is 4.98 Å². The first-order valence-electron chi connectivity index (χ1n) is 10.0. The summed E-state index contributed by atoms with van der Waals surface area (Å²) in [5.74, 6) is 0.637. The number of likely N-dealkylation sites (tertiary alicyclic amines) is 2. The van der Waals surface area contributed by atoms with Gasteiger partial charge in [-0.05, 0) is 56.4 Å². The van der Waals surface area contributed by atoms with E-state index in [1.807, 2.05) is 4.90 Å². The predicted molar refractivity (Wildman–Crippen MR) is 112 cm³/mol. The minimum absolute atomic E-state index is 0.0945. The van der Waals surface area contributed by atoms with Crippen molar-refractivity contribution in [1.29, 1.82) is 0 Å². The molecule has 2 amide bonds. The Hall–Kier alpha value is -2.12. The summed E-state index contributed by atoms with van der Waals surface area (Å²) < 4.78 is 5.72. The number of hydrogen-bond acceptors (Lipinski definition) is 5. The van der Waals surface area contributed by atoms with E-state index in [-0.39, 0.29) is 24.5 Å². The highest BCUT2D eigenvalue weighted by molar-refractivity contribution is 7.09. The average Bonchev–Trinajstić information content (AvgIpc) is 3.45. The van der Waals surface area contributed by atoms with E-state index in [0.717, 1.165) is 50.2 Å². The molecule has 0 saturated carbocycles. The number of amides is 2. The van der Waals surface area contributed by atoms with Crippen molar-refractivity contribution >= 4 is 34.8 Å². The quantitative estimate of drug-likeness (QED) is 0.715. The van der Waals surface area contributed by atoms with E-state index < -0.39 is 0 Å². The number of ether oxygens (including phenoxy) is 1. The summed E-state index contributed by atoms with van der Waals surface area (Å²) in [6.07, 6.45) is 4.74. The maximum atomic E-state index is 13.1. The lowest BCUT2D eigenvalue weighted by Crippen LogP contribution is -2.52. The first kappa shape index (κ1) is 20.2. The molecule has 6 nitrogen and oxygen atoms in total. The van der Waals surface area contributed by atoms with Crippen LogP contribution in [-0.2, 0) is 11.4 Å². The molecule has 2 fully saturated rings. The van der Waals surface area contributed by atoms with Crippen LogP contribution in [-0.4, -0.2) is 52.3 Å². The molecule has 0 aliphatic carbocycles. The van der Waals surface area contributed by atoms with Gasteiger partial charge < -0.3 is 14.5 Å². The van der Waals surface area contributed by atoms with Crippen LogP contribution in [0.1, 0.15) is 47.6 Å². The summed E-state index contributed by atoms with van der Waals surface area (Å²) >= 11 is 7.28. The molecule has 1 aromatic heterocycles. The molecule has 4 rings (SSSR count). The van der Waals surface area contributed by atoms with Gasteiger partial charge in [0.15, 0.2) is 0 Å². The molecule has 0 N–H and O–H groups in total. The van der Waals surface area contributed by atoms with Crippen molar-refractivity contribution in [2.24, 2.45) is 0 Å². The molecule has 2 aliphatic heterocycles. The zero-order chi connectivity index (χ0) is 20.2. The summed E-state index contributed by atoms with van der Waals surface area (Å²) in [4.78, 5) is 34.1. The number of carbonyl (C=O) groups excluding carboxylic acids is 2. The highest BCUT2D eigenvalue weighted by atomic mass is 35.5. The van der Waals surface area contributed by atoms with Gasteiger partial charge in [0.2, 0.25) is 5.91 Å². The van der Waals surface area contributed by atoms with Crippen LogP contribution in [0, 0.1) is 0 Å². The number of benzene rings is 1. The van der Waals surface area contributed by atoms with Gasteiger partial charge in [0, 0.05) is 30.0 Å². The number of hydrogen-bond donors (Lipinski definition) is 0. The minimum Gasteiger partial charge on any atom is -0.486 e. The second-order valence-corrected chi connectivity index (χ2v) is 8.79. The van der Waals surface area contributed by atoms with Crippen molar-refractivity contribution in [3.05, 3.63) is 45.4 Å². The number of aromatic nitrogens is 1. The number of piperidine rings is 1. The number of halogens is 1. The van der Waals surface area contributed by atoms with E-state index >= 15 is 0 Å². The molecule has 2 saturated heterocycles. The van der Waals surface area contributed by atoms with Gasteiger partial charge >= 0.3 is 0 Å². The number of rotatable bonds is 5. The topological polar surface area (TPSA) is 62.7 Å². The highest BCUT2D eigenvalue weighted by Gasteiger charge is 2.36. The van der Waals surface area contributed by atoms with Crippen LogP contribution in [0.25, 0.3) is 0 Å². The van der Waals surface area contributed by atoms with Crippen molar-refractivity contribution in [3.63, 3.8) is 0 Å². The lowest BCUT2D eigenvalue weighted by molar-refractivity contribution is -0.136. The highest BCUT2D eigenvalue weighted by Crippen LogP contribution is 2.24. The van der Waals surface area contributed by atoms with Crippen molar-refractivity contribution in [1.82, 2.24) is 14.8 Å². The third kappa shape index (κ3) is 4.73. The van der Waals surface area contributed by atoms with Gasteiger partial charge in [0.1, 0.15) is 29.1 Å². The first-order valence-corrected chi connectivity index (χ1v) is 11.3. The fourth-order valence-electron chi connectivity index (χ4n) is 3.88. The molecule has 3 heterocycles. The van der Waals surface area contributed by atoms with Crippen LogP contribution in [0.15, 0.2) is 29.6 Å². The number of thiazole rings is 1. The van der Waals surface area contributed by atoms with Gasteiger partial charge in [-0.2, -0.15) is 0 Å². The lowest BCUT2D eigenvalue weighted by Gasteiger charge is -2.36. The Bertz CT molecular complexity index is 864. The summed E-state index contributed by atoms with van der Waals surface area (Å²) in [7, 11) is 0. The standard InChI is InChI=1S/C21H24ClN3O3S/c22-15-6-8-16(9-7-15)28-13-19-23-17(14-29-19)20(26)25-12-2-1-5-18(25)21(27)24-10-3-4-11-24/h6-9,14,18H,1-5,10-13H2. The van der Waals surface area contributed by atoms with E-state index in [4.69, 9.17) is 16.3 Å². The van der Waals surface area contributed by atoms with Crippen LogP contribution < -0.4 is 4.74 Å². The Balaban J connectivity index is 1.41. The van der Waals surface area contributed by atoms with Gasteiger partial charge in [-0.3, -0.25) is 9.59 Å². The molecule has 1 aromatic carbocycles. The molecule has 0 bridgehead atoms. The van der Waals surface area contributed by atoms with Crippen LogP contribution in [0.2, 0.25) is 5.02 Å². The Kier molecular flexibility index (Phi) is 6.35. The molecule has 2 aromatic rings. The summed E-state index contributed by atoms with van der Waals surface area (Å²) in [6.45, 7) is 2.51. The molecular formula is C21H24ClN3O3S. The average molecular weight is 434 g/mol. The Labute approximate surface area is 179 Å². The lowest BCUT2D eigenvalue weighted by atomic mass is 10.0. The molecule has 8 heteroatoms. The molecule has 154 valence electrons. The molecule has 0 spiro atoms. The number of carbonyl (C=O) groups is 2. The van der Waals surface area contributed by atoms with E-state index in [0.29, 0.717) is 23.0 Å². The summed E-state index contributed by atoms with van der Waals surface area (Å²) in [6, 6.07) is 6.77. The monoisotopic (exact) mass is 433 g/mol. The van der Waals surface area contributed by atoms with Crippen LogP contribution in [0.4, 0.5) is 0 Å². The van der Waals surface area contributed by atoms with Crippen molar-refractivity contribution in [3.8, 4) is 5.75 Å². The fourth-order valence-corrected chi connectivity index (χ4v) is 4.68. The van der Waals surface area contributed by atoms with E-state index in [1.165, 1.54) is 11.3 Å². The number of nitrogens with zero attached hydrogens (tertiary/aromatic N) is 3. The molecule has 2 aliphatic rings.